The molecule has 7 nitrogen and oxygen atoms in total. The summed E-state index contributed by atoms with van der Waals surface area (Å²) < 4.78 is 25.8. The van der Waals surface area contributed by atoms with Gasteiger partial charge in [-0.25, -0.2) is 17.5 Å². The first-order chi connectivity index (χ1) is 8.82. The summed E-state index contributed by atoms with van der Waals surface area (Å²) in [7, 11) is -2.38. The van der Waals surface area contributed by atoms with Gasteiger partial charge in [0.25, 0.3) is 0 Å². The Morgan fingerprint density at radius 3 is 2.58 bits per heavy atom. The van der Waals surface area contributed by atoms with Crippen LogP contribution in [0.5, 0.6) is 0 Å². The highest BCUT2D eigenvalue weighted by molar-refractivity contribution is 7.89. The summed E-state index contributed by atoms with van der Waals surface area (Å²) in [6, 6.07) is 0. The molecule has 0 saturated carbocycles. The summed E-state index contributed by atoms with van der Waals surface area (Å²) in [5.41, 5.74) is -0.223. The number of sulfonamides is 1. The van der Waals surface area contributed by atoms with Gasteiger partial charge in [0.05, 0.1) is 5.69 Å². The number of hydrogen-bond donors (Lipinski definition) is 2. The third-order valence-electron chi connectivity index (χ3n) is 2.84. The van der Waals surface area contributed by atoms with Gasteiger partial charge in [-0.3, -0.25) is 5.10 Å². The minimum absolute atomic E-state index is 0.236. The molecular formula is C11H19N3O4S. The van der Waals surface area contributed by atoms with Gasteiger partial charge in [0.15, 0.2) is 5.69 Å². The second-order valence-electron chi connectivity index (χ2n) is 4.37. The number of H-pyrrole nitrogens is 1. The number of unbranched alkanes of at least 4 members (excludes halogenated alkanes) is 2. The predicted octanol–water partition coefficient (Wildman–Crippen LogP) is 1.23. The van der Waals surface area contributed by atoms with Crippen molar-refractivity contribution in [2.75, 3.05) is 13.6 Å². The third kappa shape index (κ3) is 3.32. The topological polar surface area (TPSA) is 103 Å². The molecule has 1 rings (SSSR count). The number of carboxylic acid groups (broad SMARTS) is 1. The fourth-order valence-corrected chi connectivity index (χ4v) is 3.23. The van der Waals surface area contributed by atoms with Gasteiger partial charge in [-0.05, 0) is 13.3 Å². The molecule has 1 heterocycles. The Labute approximate surface area is 112 Å². The van der Waals surface area contributed by atoms with E-state index in [4.69, 9.17) is 5.11 Å². The zero-order valence-electron chi connectivity index (χ0n) is 11.3. The molecule has 0 aliphatic carbocycles. The van der Waals surface area contributed by atoms with Crippen LogP contribution in [0.25, 0.3) is 0 Å². The van der Waals surface area contributed by atoms with Crippen LogP contribution in [0.2, 0.25) is 0 Å². The Morgan fingerprint density at radius 2 is 2.05 bits per heavy atom. The number of nitrogens with zero attached hydrogens (tertiary/aromatic N) is 2. The number of rotatable bonds is 7. The average molecular weight is 289 g/mol. The van der Waals surface area contributed by atoms with Crippen molar-refractivity contribution < 1.29 is 18.3 Å². The zero-order chi connectivity index (χ0) is 14.6. The summed E-state index contributed by atoms with van der Waals surface area (Å²) in [6.07, 6.45) is 2.65. The summed E-state index contributed by atoms with van der Waals surface area (Å²) in [5, 5.41) is 14.9. The van der Waals surface area contributed by atoms with Crippen LogP contribution >= 0.6 is 0 Å². The lowest BCUT2D eigenvalue weighted by Gasteiger charge is -2.16. The first kappa shape index (κ1) is 15.6. The minimum atomic E-state index is -3.82. The maximum absolute atomic E-state index is 12.3. The van der Waals surface area contributed by atoms with E-state index in [1.54, 1.807) is 0 Å². The van der Waals surface area contributed by atoms with Crippen molar-refractivity contribution in [3.63, 3.8) is 0 Å². The van der Waals surface area contributed by atoms with Gasteiger partial charge in [0, 0.05) is 13.6 Å². The monoisotopic (exact) mass is 289 g/mol. The van der Waals surface area contributed by atoms with Gasteiger partial charge < -0.3 is 5.11 Å². The van der Waals surface area contributed by atoms with E-state index < -0.39 is 21.7 Å². The van der Waals surface area contributed by atoms with E-state index in [0.717, 1.165) is 19.3 Å². The van der Waals surface area contributed by atoms with Crippen LogP contribution in [-0.2, 0) is 10.0 Å². The molecule has 0 atom stereocenters. The Bertz CT molecular complexity index is 550. The molecular weight excluding hydrogens is 270 g/mol. The maximum Gasteiger partial charge on any atom is 0.357 e. The van der Waals surface area contributed by atoms with E-state index >= 15 is 0 Å². The van der Waals surface area contributed by atoms with Crippen molar-refractivity contribution in [2.24, 2.45) is 0 Å². The Kier molecular flexibility index (Phi) is 5.07. The highest BCUT2D eigenvalue weighted by atomic mass is 32.2. The largest absolute Gasteiger partial charge is 0.476 e. The SMILES string of the molecule is CCCCCN(C)S(=O)(=O)c1c(C(=O)O)n[nH]c1C. The van der Waals surface area contributed by atoms with Gasteiger partial charge in [-0.2, -0.15) is 5.10 Å². The Morgan fingerprint density at radius 1 is 1.42 bits per heavy atom. The third-order valence-corrected chi connectivity index (χ3v) is 4.86. The molecule has 0 amide bonds. The van der Waals surface area contributed by atoms with Crippen LogP contribution in [0.15, 0.2) is 4.90 Å². The van der Waals surface area contributed by atoms with Crippen molar-refractivity contribution >= 4 is 16.0 Å². The van der Waals surface area contributed by atoms with Gasteiger partial charge in [0.1, 0.15) is 4.90 Å². The normalized spacial score (nSPS) is 12.0. The number of hydrogen-bond acceptors (Lipinski definition) is 4. The van der Waals surface area contributed by atoms with E-state index in [2.05, 4.69) is 10.2 Å². The molecule has 0 aliphatic rings. The molecule has 0 unspecified atom stereocenters. The predicted molar refractivity (Wildman–Crippen MR) is 69.6 cm³/mol. The molecule has 0 aliphatic heterocycles. The summed E-state index contributed by atoms with van der Waals surface area (Å²) in [4.78, 5) is 10.7. The molecule has 0 spiro atoms. The smallest absolute Gasteiger partial charge is 0.357 e. The van der Waals surface area contributed by atoms with E-state index in [1.807, 2.05) is 6.92 Å². The average Bonchev–Trinajstić information content (AvgIpc) is 2.72. The number of nitrogens with one attached hydrogen (secondary N) is 1. The first-order valence-electron chi connectivity index (χ1n) is 6.07. The van der Waals surface area contributed by atoms with Crippen LogP contribution in [0.3, 0.4) is 0 Å². The quantitative estimate of drug-likeness (QED) is 0.735. The first-order valence-corrected chi connectivity index (χ1v) is 7.51. The van der Waals surface area contributed by atoms with Gasteiger partial charge in [-0.15, -0.1) is 0 Å². The zero-order valence-corrected chi connectivity index (χ0v) is 12.1. The van der Waals surface area contributed by atoms with Gasteiger partial charge in [-0.1, -0.05) is 19.8 Å². The lowest BCUT2D eigenvalue weighted by atomic mass is 10.2. The number of aromatic nitrogens is 2. The molecule has 0 aromatic carbocycles. The van der Waals surface area contributed by atoms with E-state index in [9.17, 15) is 13.2 Å². The lowest BCUT2D eigenvalue weighted by Crippen LogP contribution is -2.29. The minimum Gasteiger partial charge on any atom is -0.476 e. The molecule has 2 N–H and O–H groups in total. The number of aromatic amines is 1. The molecule has 19 heavy (non-hydrogen) atoms. The number of carbonyl (C=O) groups is 1. The van der Waals surface area contributed by atoms with Crippen molar-refractivity contribution in [3.8, 4) is 0 Å². The van der Waals surface area contributed by atoms with Crippen molar-refractivity contribution in [2.45, 2.75) is 38.0 Å². The number of aromatic carboxylic acids is 1. The lowest BCUT2D eigenvalue weighted by molar-refractivity contribution is 0.0686. The van der Waals surface area contributed by atoms with Crippen LogP contribution in [-0.4, -0.2) is 47.6 Å². The fourth-order valence-electron chi connectivity index (χ4n) is 1.74. The van der Waals surface area contributed by atoms with Crippen LogP contribution in [0.4, 0.5) is 0 Å². The molecule has 0 fully saturated rings. The Hall–Kier alpha value is -1.41. The molecule has 1 aromatic rings. The second kappa shape index (κ2) is 6.16. The fraction of sp³-hybridized carbons (Fsp3) is 0.636. The van der Waals surface area contributed by atoms with E-state index in [-0.39, 0.29) is 10.6 Å². The van der Waals surface area contributed by atoms with Crippen molar-refractivity contribution in [3.05, 3.63) is 11.4 Å². The number of aryl methyl sites for hydroxylation is 1. The summed E-state index contributed by atoms with van der Waals surface area (Å²) in [6.45, 7) is 3.88. The van der Waals surface area contributed by atoms with Crippen LogP contribution < -0.4 is 0 Å². The van der Waals surface area contributed by atoms with Crippen LogP contribution in [0, 0.1) is 6.92 Å². The number of carboxylic acids is 1. The van der Waals surface area contributed by atoms with E-state index in [0.29, 0.717) is 6.54 Å². The second-order valence-corrected chi connectivity index (χ2v) is 6.35. The van der Waals surface area contributed by atoms with E-state index in [1.165, 1.54) is 18.3 Å². The van der Waals surface area contributed by atoms with Crippen molar-refractivity contribution in [1.82, 2.24) is 14.5 Å². The summed E-state index contributed by atoms with van der Waals surface area (Å²) in [5.74, 6) is -1.36. The van der Waals surface area contributed by atoms with Gasteiger partial charge in [0.2, 0.25) is 10.0 Å². The van der Waals surface area contributed by atoms with Crippen LogP contribution in [0.1, 0.15) is 42.4 Å². The molecule has 8 heteroatoms. The molecule has 1 aromatic heterocycles. The summed E-state index contributed by atoms with van der Waals surface area (Å²) >= 11 is 0. The molecule has 108 valence electrons. The standard InChI is InChI=1S/C11H19N3O4S/c1-4-5-6-7-14(3)19(17,18)10-8(2)12-13-9(10)11(15)16/h4-7H2,1-3H3,(H,12,13)(H,15,16). The highest BCUT2D eigenvalue weighted by Crippen LogP contribution is 2.21. The molecule has 0 bridgehead atoms. The molecule has 0 radical (unpaired) electrons. The van der Waals surface area contributed by atoms with Gasteiger partial charge >= 0.3 is 5.97 Å². The van der Waals surface area contributed by atoms with Crippen molar-refractivity contribution in [1.29, 1.82) is 0 Å². The molecule has 0 saturated heterocycles. The highest BCUT2D eigenvalue weighted by Gasteiger charge is 2.31. The maximum atomic E-state index is 12.3. The Balaban J connectivity index is 3.06.